The first-order valence-electron chi connectivity index (χ1n) is 3.97. The van der Waals surface area contributed by atoms with Gasteiger partial charge < -0.3 is 0 Å². The van der Waals surface area contributed by atoms with E-state index in [0.717, 1.165) is 5.88 Å². The van der Waals surface area contributed by atoms with E-state index < -0.39 is 0 Å². The van der Waals surface area contributed by atoms with Gasteiger partial charge in [-0.05, 0) is 6.42 Å². The first-order chi connectivity index (χ1) is 4.41. The Morgan fingerprint density at radius 3 is 1.90 bits per heavy atom. The van der Waals surface area contributed by atoms with Gasteiger partial charge in [0.25, 0.3) is 0 Å². The van der Waals surface area contributed by atoms with E-state index in [9.17, 15) is 0 Å². The molecule has 0 aromatic rings. The van der Waals surface area contributed by atoms with Gasteiger partial charge in [-0.2, -0.15) is 0 Å². The second-order valence-corrected chi connectivity index (χ2v) is 2.83. The van der Waals surface area contributed by atoms with Crippen LogP contribution >= 0.6 is 11.6 Å². The summed E-state index contributed by atoms with van der Waals surface area (Å²) in [5.74, 6) is 0.839. The van der Waals surface area contributed by atoms with E-state index in [2.05, 4.69) is 6.92 Å². The van der Waals surface area contributed by atoms with Crippen LogP contribution in [0.5, 0.6) is 0 Å². The van der Waals surface area contributed by atoms with Gasteiger partial charge in [0, 0.05) is 5.88 Å². The number of hydrogen-bond acceptors (Lipinski definition) is 0. The van der Waals surface area contributed by atoms with Crippen LogP contribution in [0, 0.1) is 0 Å². The molecule has 0 saturated carbocycles. The molecule has 0 bridgehead atoms. The van der Waals surface area contributed by atoms with E-state index in [0.29, 0.717) is 0 Å². The molecule has 0 aromatic heterocycles. The molecular weight excluding hydrogens is 156 g/mol. The summed E-state index contributed by atoms with van der Waals surface area (Å²) < 4.78 is 0. The average Bonchev–Trinajstić information content (AvgIpc) is 1.89. The summed E-state index contributed by atoms with van der Waals surface area (Å²) in [4.78, 5) is 0. The first kappa shape index (κ1) is 13.6. The molecule has 0 unspecified atom stereocenters. The second-order valence-electron chi connectivity index (χ2n) is 2.46. The maximum atomic E-state index is 5.51. The predicted molar refractivity (Wildman–Crippen MR) is 52.6 cm³/mol. The molecule has 10 heavy (non-hydrogen) atoms. The van der Waals surface area contributed by atoms with Gasteiger partial charge in [-0.3, -0.25) is 0 Å². The average molecular weight is 175 g/mol. The molecule has 0 N–H and O–H groups in total. The first-order valence-corrected chi connectivity index (χ1v) is 4.51. The molecule has 0 spiro atoms. The van der Waals surface area contributed by atoms with Crippen molar-refractivity contribution in [2.45, 2.75) is 45.4 Å². The highest BCUT2D eigenvalue weighted by molar-refractivity contribution is 6.17. The third-order valence-electron chi connectivity index (χ3n) is 1.49. The van der Waals surface area contributed by atoms with E-state index in [-0.39, 0.29) is 23.1 Å². The highest BCUT2D eigenvalue weighted by Crippen LogP contribution is 2.04. The summed E-state index contributed by atoms with van der Waals surface area (Å²) in [6, 6.07) is 0. The van der Waals surface area contributed by atoms with Gasteiger partial charge in [-0.1, -0.05) is 39.0 Å². The molecule has 2 heteroatoms. The third-order valence-corrected chi connectivity index (χ3v) is 1.75. The fraction of sp³-hybridized carbons (Fsp3) is 1.00. The molecule has 0 aliphatic rings. The Hall–Kier alpha value is 1.06. The Bertz CT molecular complexity index is 42.5. The van der Waals surface area contributed by atoms with Crippen LogP contribution < -0.4 is 0 Å². The quantitative estimate of drug-likeness (QED) is 0.330. The Kier molecular flexibility index (Phi) is 17.3. The SMILES string of the molecule is CCCCCCCCCl.[MgH2]. The van der Waals surface area contributed by atoms with E-state index in [1.807, 2.05) is 0 Å². The molecule has 0 saturated heterocycles. The molecule has 0 radical (unpaired) electrons. The van der Waals surface area contributed by atoms with Crippen LogP contribution in [0.25, 0.3) is 0 Å². The van der Waals surface area contributed by atoms with Crippen LogP contribution in [-0.4, -0.2) is 28.9 Å². The largest absolute Gasteiger partial charge is 0.316 e. The van der Waals surface area contributed by atoms with Crippen LogP contribution in [0.1, 0.15) is 45.4 Å². The second kappa shape index (κ2) is 12.7. The van der Waals surface area contributed by atoms with Crippen LogP contribution in [-0.2, 0) is 0 Å². The predicted octanol–water partition coefficient (Wildman–Crippen LogP) is 2.67. The summed E-state index contributed by atoms with van der Waals surface area (Å²) in [6.45, 7) is 2.24. The Balaban J connectivity index is 0. The third kappa shape index (κ3) is 11.8. The smallest absolute Gasteiger partial charge is 0.127 e. The molecule has 0 atom stereocenters. The summed E-state index contributed by atoms with van der Waals surface area (Å²) in [6.07, 6.45) is 8.02. The number of hydrogen-bond donors (Lipinski definition) is 0. The minimum atomic E-state index is 0. The van der Waals surface area contributed by atoms with Crippen molar-refractivity contribution in [1.29, 1.82) is 0 Å². The molecule has 0 rings (SSSR count). The van der Waals surface area contributed by atoms with Gasteiger partial charge in [-0.25, -0.2) is 0 Å². The number of halogens is 1. The molecule has 0 aliphatic heterocycles. The topological polar surface area (TPSA) is 0 Å². The van der Waals surface area contributed by atoms with Gasteiger partial charge in [0.1, 0.15) is 0 Å². The molecule has 0 heterocycles. The summed E-state index contributed by atoms with van der Waals surface area (Å²) in [5, 5.41) is 0. The van der Waals surface area contributed by atoms with Gasteiger partial charge >= 0.3 is 23.1 Å². The number of unbranched alkanes of at least 4 members (excludes halogenated alkanes) is 5. The van der Waals surface area contributed by atoms with Crippen molar-refractivity contribution < 1.29 is 0 Å². The van der Waals surface area contributed by atoms with Crippen molar-refractivity contribution >= 4 is 34.7 Å². The summed E-state index contributed by atoms with van der Waals surface area (Å²) in [7, 11) is 0. The standard InChI is InChI=1S/C8H17Cl.Mg.2H/c1-2-3-4-5-6-7-8-9;;;/h2-8H2,1H3;;;. The van der Waals surface area contributed by atoms with Gasteiger partial charge in [0.2, 0.25) is 0 Å². The van der Waals surface area contributed by atoms with E-state index >= 15 is 0 Å². The van der Waals surface area contributed by atoms with Gasteiger partial charge in [-0.15, -0.1) is 11.6 Å². The van der Waals surface area contributed by atoms with Gasteiger partial charge in [0.15, 0.2) is 0 Å². The normalized spacial score (nSPS) is 9.00. The summed E-state index contributed by atoms with van der Waals surface area (Å²) >= 11 is 5.51. The van der Waals surface area contributed by atoms with Crippen LogP contribution in [0.15, 0.2) is 0 Å². The Morgan fingerprint density at radius 2 is 1.40 bits per heavy atom. The van der Waals surface area contributed by atoms with E-state index in [1.54, 1.807) is 0 Å². The van der Waals surface area contributed by atoms with Crippen molar-refractivity contribution in [2.75, 3.05) is 5.88 Å². The van der Waals surface area contributed by atoms with Crippen molar-refractivity contribution in [1.82, 2.24) is 0 Å². The van der Waals surface area contributed by atoms with Crippen molar-refractivity contribution in [2.24, 2.45) is 0 Å². The van der Waals surface area contributed by atoms with E-state index in [4.69, 9.17) is 11.6 Å². The monoisotopic (exact) mass is 174 g/mol. The highest BCUT2D eigenvalue weighted by Gasteiger charge is 1.86. The molecule has 0 aromatic carbocycles. The molecule has 0 nitrogen and oxygen atoms in total. The minimum absolute atomic E-state index is 0. The van der Waals surface area contributed by atoms with Gasteiger partial charge in [0.05, 0.1) is 0 Å². The Labute approximate surface area is 85.9 Å². The van der Waals surface area contributed by atoms with Crippen molar-refractivity contribution in [3.63, 3.8) is 0 Å². The van der Waals surface area contributed by atoms with Crippen LogP contribution in [0.4, 0.5) is 0 Å². The zero-order chi connectivity index (χ0) is 6.95. The highest BCUT2D eigenvalue weighted by atomic mass is 35.5. The lowest BCUT2D eigenvalue weighted by Crippen LogP contribution is -1.78. The lowest BCUT2D eigenvalue weighted by Gasteiger charge is -1.95. The lowest BCUT2D eigenvalue weighted by atomic mass is 10.1. The lowest BCUT2D eigenvalue weighted by molar-refractivity contribution is 0.626. The Morgan fingerprint density at radius 1 is 0.900 bits per heavy atom. The molecule has 0 aliphatic carbocycles. The molecule has 0 fully saturated rings. The maximum absolute atomic E-state index is 5.51. The van der Waals surface area contributed by atoms with Crippen LogP contribution in [0.2, 0.25) is 0 Å². The minimum Gasteiger partial charge on any atom is -0.127 e. The fourth-order valence-electron chi connectivity index (χ4n) is 0.875. The van der Waals surface area contributed by atoms with Crippen LogP contribution in [0.3, 0.4) is 0 Å². The van der Waals surface area contributed by atoms with E-state index in [1.165, 1.54) is 38.5 Å². The van der Waals surface area contributed by atoms with Crippen molar-refractivity contribution in [3.8, 4) is 0 Å². The molecule has 0 amide bonds. The maximum Gasteiger partial charge on any atom is 0.316 e. The number of alkyl halides is 1. The zero-order valence-electron chi connectivity index (χ0n) is 6.33. The molecular formula is C8H19ClMg. The fourth-order valence-corrected chi connectivity index (χ4v) is 1.06. The number of rotatable bonds is 6. The summed E-state index contributed by atoms with van der Waals surface area (Å²) in [5.41, 5.74) is 0. The van der Waals surface area contributed by atoms with Crippen molar-refractivity contribution in [3.05, 3.63) is 0 Å². The molecule has 60 valence electrons. The zero-order valence-corrected chi connectivity index (χ0v) is 7.08.